The summed E-state index contributed by atoms with van der Waals surface area (Å²) in [5.41, 5.74) is 0. The molecule has 5 nitrogen and oxygen atoms in total. The van der Waals surface area contributed by atoms with E-state index in [2.05, 4.69) is 10.3 Å². The van der Waals surface area contributed by atoms with Gasteiger partial charge in [0.25, 0.3) is 0 Å². The lowest BCUT2D eigenvalue weighted by Crippen LogP contribution is -2.10. The van der Waals surface area contributed by atoms with E-state index in [0.717, 1.165) is 0 Å². The number of pyridine rings is 1. The van der Waals surface area contributed by atoms with Crippen molar-refractivity contribution in [3.05, 3.63) is 48.6 Å². The Bertz CT molecular complexity index is 547. The van der Waals surface area contributed by atoms with Crippen LogP contribution in [0.5, 0.6) is 5.75 Å². The van der Waals surface area contributed by atoms with Crippen LogP contribution in [0, 0.1) is 0 Å². The number of anilines is 1. The fourth-order valence-corrected chi connectivity index (χ4v) is 1.35. The molecule has 18 heavy (non-hydrogen) atoms. The number of furan rings is 1. The number of methoxy groups -OCH3 is 1. The highest BCUT2D eigenvalue weighted by atomic mass is 16.5. The summed E-state index contributed by atoms with van der Waals surface area (Å²) in [7, 11) is 1.52. The van der Waals surface area contributed by atoms with Gasteiger partial charge < -0.3 is 14.5 Å². The first kappa shape index (κ1) is 11.9. The van der Waals surface area contributed by atoms with Crippen LogP contribution >= 0.6 is 0 Å². The third kappa shape index (κ3) is 2.98. The van der Waals surface area contributed by atoms with Crippen molar-refractivity contribution < 1.29 is 13.9 Å². The minimum Gasteiger partial charge on any atom is -0.493 e. The zero-order chi connectivity index (χ0) is 12.8. The molecule has 2 aromatic heterocycles. The van der Waals surface area contributed by atoms with Crippen molar-refractivity contribution in [2.24, 2.45) is 0 Å². The molecular formula is C13H12N2O3. The Balaban J connectivity index is 2.03. The second-order valence-corrected chi connectivity index (χ2v) is 3.39. The van der Waals surface area contributed by atoms with E-state index in [1.807, 2.05) is 0 Å². The number of carbonyl (C=O) groups is 1. The minimum atomic E-state index is -0.302. The third-order valence-corrected chi connectivity index (χ3v) is 2.17. The molecule has 5 heteroatoms. The Morgan fingerprint density at radius 1 is 1.44 bits per heavy atom. The highest BCUT2D eigenvalue weighted by Crippen LogP contribution is 2.19. The van der Waals surface area contributed by atoms with Crippen molar-refractivity contribution in [3.8, 4) is 5.75 Å². The van der Waals surface area contributed by atoms with Crippen molar-refractivity contribution >= 4 is 17.8 Å². The number of carbonyl (C=O) groups excluding carboxylic acids is 1. The van der Waals surface area contributed by atoms with Crippen LogP contribution in [0.2, 0.25) is 0 Å². The largest absolute Gasteiger partial charge is 0.493 e. The van der Waals surface area contributed by atoms with E-state index in [-0.39, 0.29) is 5.91 Å². The van der Waals surface area contributed by atoms with E-state index in [1.165, 1.54) is 13.2 Å². The maximum atomic E-state index is 11.6. The summed E-state index contributed by atoms with van der Waals surface area (Å²) in [4.78, 5) is 15.7. The van der Waals surface area contributed by atoms with E-state index < -0.39 is 0 Å². The van der Waals surface area contributed by atoms with E-state index >= 15 is 0 Å². The Kier molecular flexibility index (Phi) is 3.76. The van der Waals surface area contributed by atoms with Crippen LogP contribution in [0.3, 0.4) is 0 Å². The van der Waals surface area contributed by atoms with Gasteiger partial charge in [-0.25, -0.2) is 4.98 Å². The lowest BCUT2D eigenvalue weighted by Gasteiger charge is -2.06. The van der Waals surface area contributed by atoms with Crippen LogP contribution in [0.25, 0.3) is 6.08 Å². The maximum absolute atomic E-state index is 11.6. The average molecular weight is 244 g/mol. The van der Waals surface area contributed by atoms with Crippen molar-refractivity contribution in [3.63, 3.8) is 0 Å². The molecule has 2 heterocycles. The summed E-state index contributed by atoms with van der Waals surface area (Å²) in [5, 5.41) is 2.62. The van der Waals surface area contributed by atoms with Gasteiger partial charge in [0.05, 0.1) is 13.4 Å². The van der Waals surface area contributed by atoms with Gasteiger partial charge in [0.15, 0.2) is 11.6 Å². The standard InChI is InChI=1S/C13H12N2O3/c1-17-11-5-2-8-14-13(11)15-12(16)7-6-10-4-3-9-18-10/h2-9H,1H3,(H,14,15,16). The molecule has 0 bridgehead atoms. The van der Waals surface area contributed by atoms with Gasteiger partial charge >= 0.3 is 0 Å². The van der Waals surface area contributed by atoms with Gasteiger partial charge in [0.2, 0.25) is 5.91 Å². The Morgan fingerprint density at radius 2 is 2.33 bits per heavy atom. The molecule has 2 aromatic rings. The molecule has 0 spiro atoms. The topological polar surface area (TPSA) is 64.4 Å². The molecule has 0 aromatic carbocycles. The fourth-order valence-electron chi connectivity index (χ4n) is 1.35. The first-order chi connectivity index (χ1) is 8.79. The molecule has 0 unspecified atom stereocenters. The van der Waals surface area contributed by atoms with E-state index in [9.17, 15) is 4.79 Å². The molecule has 0 atom stereocenters. The van der Waals surface area contributed by atoms with Crippen molar-refractivity contribution in [2.75, 3.05) is 12.4 Å². The number of hydrogen-bond acceptors (Lipinski definition) is 4. The summed E-state index contributed by atoms with van der Waals surface area (Å²) < 4.78 is 10.1. The highest BCUT2D eigenvalue weighted by Gasteiger charge is 2.05. The predicted octanol–water partition coefficient (Wildman–Crippen LogP) is 2.34. The van der Waals surface area contributed by atoms with Gasteiger partial charge in [-0.2, -0.15) is 0 Å². The van der Waals surface area contributed by atoms with Crippen LogP contribution in [0.15, 0.2) is 47.2 Å². The molecule has 0 aliphatic rings. The predicted molar refractivity (Wildman–Crippen MR) is 67.2 cm³/mol. The lowest BCUT2D eigenvalue weighted by atomic mass is 10.3. The van der Waals surface area contributed by atoms with Crippen molar-refractivity contribution in [2.45, 2.75) is 0 Å². The third-order valence-electron chi connectivity index (χ3n) is 2.17. The first-order valence-corrected chi connectivity index (χ1v) is 5.31. The number of nitrogens with one attached hydrogen (secondary N) is 1. The van der Waals surface area contributed by atoms with Crippen LogP contribution in [0.4, 0.5) is 5.82 Å². The van der Waals surface area contributed by atoms with Gasteiger partial charge in [0, 0.05) is 12.3 Å². The summed E-state index contributed by atoms with van der Waals surface area (Å²) >= 11 is 0. The average Bonchev–Trinajstić information content (AvgIpc) is 2.90. The number of rotatable bonds is 4. The second-order valence-electron chi connectivity index (χ2n) is 3.39. The maximum Gasteiger partial charge on any atom is 0.249 e. The van der Waals surface area contributed by atoms with E-state index in [1.54, 1.807) is 42.8 Å². The van der Waals surface area contributed by atoms with Gasteiger partial charge in [-0.05, 0) is 30.3 Å². The zero-order valence-electron chi connectivity index (χ0n) is 9.79. The number of aromatic nitrogens is 1. The van der Waals surface area contributed by atoms with Crippen LogP contribution in [0.1, 0.15) is 5.76 Å². The summed E-state index contributed by atoms with van der Waals surface area (Å²) in [6.07, 6.45) is 6.06. The molecule has 92 valence electrons. The van der Waals surface area contributed by atoms with Gasteiger partial charge in [-0.15, -0.1) is 0 Å². The minimum absolute atomic E-state index is 0.302. The zero-order valence-corrected chi connectivity index (χ0v) is 9.79. The Morgan fingerprint density at radius 3 is 3.06 bits per heavy atom. The van der Waals surface area contributed by atoms with E-state index in [0.29, 0.717) is 17.3 Å². The van der Waals surface area contributed by atoms with Gasteiger partial charge in [-0.3, -0.25) is 4.79 Å². The SMILES string of the molecule is COc1cccnc1NC(=O)C=Cc1ccco1. The van der Waals surface area contributed by atoms with Crippen LogP contribution in [-0.2, 0) is 4.79 Å². The van der Waals surface area contributed by atoms with Gasteiger partial charge in [-0.1, -0.05) is 0 Å². The fraction of sp³-hybridized carbons (Fsp3) is 0.0769. The molecule has 0 radical (unpaired) electrons. The lowest BCUT2D eigenvalue weighted by molar-refractivity contribution is -0.111. The van der Waals surface area contributed by atoms with Crippen LogP contribution < -0.4 is 10.1 Å². The Hall–Kier alpha value is -2.56. The van der Waals surface area contributed by atoms with Crippen molar-refractivity contribution in [1.29, 1.82) is 0 Å². The number of hydrogen-bond donors (Lipinski definition) is 1. The monoisotopic (exact) mass is 244 g/mol. The molecule has 0 aliphatic heterocycles. The first-order valence-electron chi connectivity index (χ1n) is 5.31. The number of amides is 1. The molecule has 1 amide bonds. The second kappa shape index (κ2) is 5.67. The van der Waals surface area contributed by atoms with Crippen molar-refractivity contribution in [1.82, 2.24) is 4.98 Å². The molecule has 2 rings (SSSR count). The number of nitrogens with zero attached hydrogens (tertiary/aromatic N) is 1. The number of ether oxygens (including phenoxy) is 1. The summed E-state index contributed by atoms with van der Waals surface area (Å²) in [6.45, 7) is 0. The molecule has 0 aliphatic carbocycles. The van der Waals surface area contributed by atoms with E-state index in [4.69, 9.17) is 9.15 Å². The summed E-state index contributed by atoms with van der Waals surface area (Å²) in [5.74, 6) is 1.20. The van der Waals surface area contributed by atoms with Crippen LogP contribution in [-0.4, -0.2) is 18.0 Å². The molecule has 0 fully saturated rings. The quantitative estimate of drug-likeness (QED) is 0.838. The molecule has 1 N–H and O–H groups in total. The molecular weight excluding hydrogens is 232 g/mol. The smallest absolute Gasteiger partial charge is 0.249 e. The normalized spacial score (nSPS) is 10.5. The molecule has 0 saturated carbocycles. The Labute approximate surface area is 104 Å². The summed E-state index contributed by atoms with van der Waals surface area (Å²) in [6, 6.07) is 6.95. The highest BCUT2D eigenvalue weighted by molar-refractivity contribution is 6.01. The van der Waals surface area contributed by atoms with Gasteiger partial charge in [0.1, 0.15) is 5.76 Å². The molecule has 0 saturated heterocycles.